The molecular weight excluding hydrogens is 240 g/mol. The van der Waals surface area contributed by atoms with E-state index in [2.05, 4.69) is 10.6 Å². The van der Waals surface area contributed by atoms with Crippen molar-refractivity contribution in [3.63, 3.8) is 0 Å². The zero-order valence-electron chi connectivity index (χ0n) is 12.0. The lowest BCUT2D eigenvalue weighted by Crippen LogP contribution is -2.48. The van der Waals surface area contributed by atoms with Gasteiger partial charge in [0.05, 0.1) is 12.6 Å². The van der Waals surface area contributed by atoms with E-state index >= 15 is 0 Å². The number of ether oxygens (including phenoxy) is 1. The Morgan fingerprint density at radius 1 is 1.26 bits per heavy atom. The zero-order valence-corrected chi connectivity index (χ0v) is 12.0. The highest BCUT2D eigenvalue weighted by Gasteiger charge is 2.18. The van der Waals surface area contributed by atoms with Gasteiger partial charge in [0, 0.05) is 19.7 Å². The molecule has 1 aromatic carbocycles. The van der Waals surface area contributed by atoms with Crippen LogP contribution in [-0.2, 0) is 16.0 Å². The summed E-state index contributed by atoms with van der Waals surface area (Å²) < 4.78 is 4.94. The number of hydrogen-bond acceptors (Lipinski definition) is 3. The lowest BCUT2D eigenvalue weighted by Gasteiger charge is -2.21. The molecule has 1 aromatic rings. The lowest BCUT2D eigenvalue weighted by atomic mass is 10.0. The smallest absolute Gasteiger partial charge is 0.237 e. The molecule has 2 N–H and O–H groups in total. The molecule has 0 fully saturated rings. The quantitative estimate of drug-likeness (QED) is 0.697. The maximum absolute atomic E-state index is 12.1. The van der Waals surface area contributed by atoms with Crippen molar-refractivity contribution in [3.05, 3.63) is 35.9 Å². The summed E-state index contributed by atoms with van der Waals surface area (Å²) in [7, 11) is 1.62. The third kappa shape index (κ3) is 6.36. The first-order valence-electron chi connectivity index (χ1n) is 6.70. The van der Waals surface area contributed by atoms with E-state index in [-0.39, 0.29) is 18.0 Å². The van der Waals surface area contributed by atoms with E-state index in [4.69, 9.17) is 4.74 Å². The molecule has 0 saturated heterocycles. The Kier molecular flexibility index (Phi) is 7.15. The molecule has 1 rings (SSSR count). The molecule has 0 bridgehead atoms. The molecule has 0 aliphatic carbocycles. The minimum atomic E-state index is -0.209. The van der Waals surface area contributed by atoms with Gasteiger partial charge in [0.1, 0.15) is 0 Å². The lowest BCUT2D eigenvalue weighted by molar-refractivity contribution is -0.123. The maximum Gasteiger partial charge on any atom is 0.237 e. The van der Waals surface area contributed by atoms with Crippen LogP contribution in [0.4, 0.5) is 0 Å². The van der Waals surface area contributed by atoms with Crippen molar-refractivity contribution < 1.29 is 9.53 Å². The fourth-order valence-corrected chi connectivity index (χ4v) is 1.88. The Labute approximate surface area is 115 Å². The van der Waals surface area contributed by atoms with Gasteiger partial charge in [0.2, 0.25) is 5.91 Å². The third-order valence-corrected chi connectivity index (χ3v) is 2.74. The molecule has 0 aliphatic heterocycles. The minimum Gasteiger partial charge on any atom is -0.383 e. The van der Waals surface area contributed by atoms with Crippen molar-refractivity contribution in [2.75, 3.05) is 20.3 Å². The van der Waals surface area contributed by atoms with Crippen LogP contribution < -0.4 is 10.6 Å². The molecule has 106 valence electrons. The number of hydrogen-bond donors (Lipinski definition) is 2. The van der Waals surface area contributed by atoms with Gasteiger partial charge in [-0.25, -0.2) is 0 Å². The molecule has 1 atom stereocenters. The van der Waals surface area contributed by atoms with Crippen LogP contribution in [0.15, 0.2) is 30.3 Å². The first kappa shape index (κ1) is 15.7. The Hall–Kier alpha value is -1.39. The van der Waals surface area contributed by atoms with E-state index in [0.29, 0.717) is 19.6 Å². The summed E-state index contributed by atoms with van der Waals surface area (Å²) in [6.45, 7) is 5.16. The molecule has 4 nitrogen and oxygen atoms in total. The van der Waals surface area contributed by atoms with Gasteiger partial charge in [-0.1, -0.05) is 44.2 Å². The number of amides is 1. The van der Waals surface area contributed by atoms with Gasteiger partial charge in [-0.05, 0) is 12.0 Å². The van der Waals surface area contributed by atoms with E-state index < -0.39 is 0 Å². The van der Waals surface area contributed by atoms with Gasteiger partial charge in [-0.2, -0.15) is 0 Å². The Morgan fingerprint density at radius 2 is 1.95 bits per heavy atom. The van der Waals surface area contributed by atoms with Gasteiger partial charge in [-0.3, -0.25) is 4.79 Å². The van der Waals surface area contributed by atoms with Gasteiger partial charge in [0.25, 0.3) is 0 Å². The average Bonchev–Trinajstić information content (AvgIpc) is 2.39. The van der Waals surface area contributed by atoms with Crippen LogP contribution in [0, 0.1) is 0 Å². The highest BCUT2D eigenvalue weighted by Crippen LogP contribution is 2.04. The van der Waals surface area contributed by atoms with Crippen molar-refractivity contribution in [2.45, 2.75) is 32.4 Å². The molecule has 0 saturated carbocycles. The van der Waals surface area contributed by atoms with Crippen molar-refractivity contribution in [2.24, 2.45) is 0 Å². The van der Waals surface area contributed by atoms with E-state index in [9.17, 15) is 4.79 Å². The molecule has 0 aliphatic rings. The van der Waals surface area contributed by atoms with Gasteiger partial charge in [-0.15, -0.1) is 0 Å². The molecule has 0 radical (unpaired) electrons. The highest BCUT2D eigenvalue weighted by molar-refractivity contribution is 5.82. The summed E-state index contributed by atoms with van der Waals surface area (Å²) in [5, 5.41) is 6.18. The Balaban J connectivity index is 2.58. The van der Waals surface area contributed by atoms with Crippen molar-refractivity contribution in [1.82, 2.24) is 10.6 Å². The number of rotatable bonds is 8. The molecular formula is C15H24N2O2. The Bertz CT molecular complexity index is 366. The normalized spacial score (nSPS) is 12.4. The van der Waals surface area contributed by atoms with Gasteiger partial charge >= 0.3 is 0 Å². The zero-order chi connectivity index (χ0) is 14.1. The summed E-state index contributed by atoms with van der Waals surface area (Å²) in [5.41, 5.74) is 1.16. The van der Waals surface area contributed by atoms with Crippen LogP contribution in [0.5, 0.6) is 0 Å². The summed E-state index contributed by atoms with van der Waals surface area (Å²) >= 11 is 0. The van der Waals surface area contributed by atoms with E-state index in [1.165, 1.54) is 0 Å². The van der Waals surface area contributed by atoms with Crippen LogP contribution in [0.2, 0.25) is 0 Å². The fraction of sp³-hybridized carbons (Fsp3) is 0.533. The minimum absolute atomic E-state index is 0.0228. The second-order valence-electron chi connectivity index (χ2n) is 4.85. The predicted molar refractivity (Wildman–Crippen MR) is 77.1 cm³/mol. The third-order valence-electron chi connectivity index (χ3n) is 2.74. The highest BCUT2D eigenvalue weighted by atomic mass is 16.5. The molecule has 0 aromatic heterocycles. The predicted octanol–water partition coefficient (Wildman–Crippen LogP) is 1.36. The number of carbonyl (C=O) groups excluding carboxylic acids is 1. The number of benzene rings is 1. The van der Waals surface area contributed by atoms with Crippen molar-refractivity contribution in [1.29, 1.82) is 0 Å². The monoisotopic (exact) mass is 264 g/mol. The average molecular weight is 264 g/mol. The second-order valence-corrected chi connectivity index (χ2v) is 4.85. The van der Waals surface area contributed by atoms with Crippen LogP contribution in [0.25, 0.3) is 0 Å². The van der Waals surface area contributed by atoms with Gasteiger partial charge in [0.15, 0.2) is 0 Å². The number of methoxy groups -OCH3 is 1. The SMILES string of the molecule is COCCNC(=O)[C@H](Cc1ccccc1)NC(C)C. The van der Waals surface area contributed by atoms with Crippen LogP contribution in [0.3, 0.4) is 0 Å². The first-order chi connectivity index (χ1) is 9.13. The summed E-state index contributed by atoms with van der Waals surface area (Å²) in [6, 6.07) is 10.1. The molecule has 0 unspecified atom stereocenters. The van der Waals surface area contributed by atoms with Crippen LogP contribution >= 0.6 is 0 Å². The van der Waals surface area contributed by atoms with E-state index in [0.717, 1.165) is 5.56 Å². The van der Waals surface area contributed by atoms with Crippen LogP contribution in [0.1, 0.15) is 19.4 Å². The summed E-state index contributed by atoms with van der Waals surface area (Å²) in [4.78, 5) is 12.1. The first-order valence-corrected chi connectivity index (χ1v) is 6.70. The topological polar surface area (TPSA) is 50.4 Å². The molecule has 0 spiro atoms. The fourth-order valence-electron chi connectivity index (χ4n) is 1.88. The number of carbonyl (C=O) groups is 1. The summed E-state index contributed by atoms with van der Waals surface area (Å²) in [6.07, 6.45) is 0.692. The second kappa shape index (κ2) is 8.67. The van der Waals surface area contributed by atoms with Crippen molar-refractivity contribution >= 4 is 5.91 Å². The number of nitrogens with one attached hydrogen (secondary N) is 2. The maximum atomic E-state index is 12.1. The molecule has 0 heterocycles. The van der Waals surface area contributed by atoms with Crippen LogP contribution in [-0.4, -0.2) is 38.3 Å². The Morgan fingerprint density at radius 3 is 2.53 bits per heavy atom. The molecule has 4 heteroatoms. The standard InChI is InChI=1S/C15H24N2O2/c1-12(2)17-14(15(18)16-9-10-19-3)11-13-7-5-4-6-8-13/h4-8,12,14,17H,9-11H2,1-3H3,(H,16,18)/t14-/m0/s1. The van der Waals surface area contributed by atoms with E-state index in [1.807, 2.05) is 44.2 Å². The summed E-state index contributed by atoms with van der Waals surface area (Å²) in [5.74, 6) is 0.0228. The van der Waals surface area contributed by atoms with Crippen molar-refractivity contribution in [3.8, 4) is 0 Å². The largest absolute Gasteiger partial charge is 0.383 e. The van der Waals surface area contributed by atoms with E-state index in [1.54, 1.807) is 7.11 Å². The molecule has 1 amide bonds. The van der Waals surface area contributed by atoms with Gasteiger partial charge < -0.3 is 15.4 Å². The molecule has 19 heavy (non-hydrogen) atoms.